The van der Waals surface area contributed by atoms with Gasteiger partial charge in [0.25, 0.3) is 0 Å². The van der Waals surface area contributed by atoms with Gasteiger partial charge in [0.1, 0.15) is 0 Å². The van der Waals surface area contributed by atoms with Crippen molar-refractivity contribution in [3.8, 4) is 0 Å². The van der Waals surface area contributed by atoms with Crippen LogP contribution >= 0.6 is 11.3 Å². The molecule has 1 aromatic heterocycles. The van der Waals surface area contributed by atoms with Crippen LogP contribution in [0.1, 0.15) is 63.9 Å². The van der Waals surface area contributed by atoms with E-state index in [0.717, 1.165) is 25.9 Å². The lowest BCUT2D eigenvalue weighted by atomic mass is 10.0. The van der Waals surface area contributed by atoms with Crippen molar-refractivity contribution >= 4 is 16.5 Å². The lowest BCUT2D eigenvalue weighted by molar-refractivity contribution is 0.624. The Balaban J connectivity index is 3.07. The fourth-order valence-corrected chi connectivity index (χ4v) is 3.55. The maximum absolute atomic E-state index is 4.94. The summed E-state index contributed by atoms with van der Waals surface area (Å²) in [5, 5.41) is 4.46. The molecule has 0 aliphatic rings. The van der Waals surface area contributed by atoms with Gasteiger partial charge in [0.05, 0.1) is 5.69 Å². The SMILES string of the molecule is CCC(C)c1nc(N(CC)C(C)CC)sc1CNC. The van der Waals surface area contributed by atoms with Gasteiger partial charge in [-0.1, -0.05) is 20.8 Å². The zero-order chi connectivity index (χ0) is 14.4. The highest BCUT2D eigenvalue weighted by Gasteiger charge is 2.20. The van der Waals surface area contributed by atoms with Crippen LogP contribution in [0.5, 0.6) is 0 Å². The van der Waals surface area contributed by atoms with E-state index < -0.39 is 0 Å². The predicted octanol–water partition coefficient (Wildman–Crippen LogP) is 4.00. The van der Waals surface area contributed by atoms with Gasteiger partial charge in [-0.15, -0.1) is 11.3 Å². The van der Waals surface area contributed by atoms with Crippen molar-refractivity contribution in [3.05, 3.63) is 10.6 Å². The van der Waals surface area contributed by atoms with Crippen LogP contribution in [0.15, 0.2) is 0 Å². The van der Waals surface area contributed by atoms with E-state index >= 15 is 0 Å². The second-order valence-corrected chi connectivity index (χ2v) is 6.25. The predicted molar refractivity (Wildman–Crippen MR) is 86.4 cm³/mol. The van der Waals surface area contributed by atoms with Gasteiger partial charge in [-0.3, -0.25) is 0 Å². The minimum absolute atomic E-state index is 0.545. The second-order valence-electron chi connectivity index (χ2n) is 5.19. The van der Waals surface area contributed by atoms with Crippen LogP contribution in [0.4, 0.5) is 5.13 Å². The number of aromatic nitrogens is 1. The molecule has 0 saturated heterocycles. The monoisotopic (exact) mass is 283 g/mol. The fourth-order valence-electron chi connectivity index (χ4n) is 2.19. The van der Waals surface area contributed by atoms with E-state index in [0.29, 0.717) is 12.0 Å². The van der Waals surface area contributed by atoms with E-state index in [1.807, 2.05) is 18.4 Å². The number of thiazole rings is 1. The van der Waals surface area contributed by atoms with Crippen LogP contribution in [-0.2, 0) is 6.54 Å². The van der Waals surface area contributed by atoms with E-state index in [1.165, 1.54) is 15.7 Å². The number of rotatable bonds is 8. The van der Waals surface area contributed by atoms with Crippen molar-refractivity contribution < 1.29 is 0 Å². The molecule has 0 aromatic carbocycles. The summed E-state index contributed by atoms with van der Waals surface area (Å²) in [5.41, 5.74) is 1.29. The molecule has 0 aliphatic carbocycles. The maximum Gasteiger partial charge on any atom is 0.186 e. The molecule has 3 nitrogen and oxygen atoms in total. The molecule has 1 N–H and O–H groups in total. The maximum atomic E-state index is 4.94. The molecular weight excluding hydrogens is 254 g/mol. The molecular formula is C15H29N3S. The van der Waals surface area contributed by atoms with Crippen molar-refractivity contribution in [1.82, 2.24) is 10.3 Å². The van der Waals surface area contributed by atoms with E-state index in [4.69, 9.17) is 4.98 Å². The van der Waals surface area contributed by atoms with E-state index in [-0.39, 0.29) is 0 Å². The average molecular weight is 283 g/mol. The summed E-state index contributed by atoms with van der Waals surface area (Å²) < 4.78 is 0. The lowest BCUT2D eigenvalue weighted by Gasteiger charge is -2.26. The topological polar surface area (TPSA) is 28.2 Å². The molecule has 0 radical (unpaired) electrons. The van der Waals surface area contributed by atoms with Gasteiger partial charge in [0.2, 0.25) is 0 Å². The molecule has 2 unspecified atom stereocenters. The summed E-state index contributed by atoms with van der Waals surface area (Å²) >= 11 is 1.86. The molecule has 0 saturated carbocycles. The Labute approximate surface area is 122 Å². The Bertz CT molecular complexity index is 375. The van der Waals surface area contributed by atoms with Gasteiger partial charge >= 0.3 is 0 Å². The van der Waals surface area contributed by atoms with Gasteiger partial charge in [-0.25, -0.2) is 4.98 Å². The lowest BCUT2D eigenvalue weighted by Crippen LogP contribution is -2.32. The average Bonchev–Trinajstić information content (AvgIpc) is 2.82. The Morgan fingerprint density at radius 1 is 1.21 bits per heavy atom. The van der Waals surface area contributed by atoms with Gasteiger partial charge in [-0.2, -0.15) is 0 Å². The summed E-state index contributed by atoms with van der Waals surface area (Å²) in [6, 6.07) is 0.559. The summed E-state index contributed by atoms with van der Waals surface area (Å²) in [6.07, 6.45) is 2.31. The first-order valence-electron chi connectivity index (χ1n) is 7.49. The second kappa shape index (κ2) is 7.85. The summed E-state index contributed by atoms with van der Waals surface area (Å²) in [7, 11) is 2.01. The minimum atomic E-state index is 0.545. The van der Waals surface area contributed by atoms with Crippen LogP contribution in [0, 0.1) is 0 Å². The molecule has 19 heavy (non-hydrogen) atoms. The van der Waals surface area contributed by atoms with E-state index in [2.05, 4.69) is 44.8 Å². The molecule has 4 heteroatoms. The molecule has 1 heterocycles. The molecule has 110 valence electrons. The number of nitrogens with zero attached hydrogens (tertiary/aromatic N) is 2. The summed E-state index contributed by atoms with van der Waals surface area (Å²) in [5.74, 6) is 0.545. The zero-order valence-electron chi connectivity index (χ0n) is 13.3. The van der Waals surface area contributed by atoms with Crippen LogP contribution < -0.4 is 10.2 Å². The van der Waals surface area contributed by atoms with Crippen LogP contribution in [0.3, 0.4) is 0 Å². The van der Waals surface area contributed by atoms with Crippen LogP contribution in [0.25, 0.3) is 0 Å². The first-order valence-corrected chi connectivity index (χ1v) is 8.31. The number of nitrogens with one attached hydrogen (secondary N) is 1. The highest BCUT2D eigenvalue weighted by molar-refractivity contribution is 7.15. The molecule has 0 amide bonds. The molecule has 0 bridgehead atoms. The Morgan fingerprint density at radius 3 is 2.37 bits per heavy atom. The first kappa shape index (κ1) is 16.4. The van der Waals surface area contributed by atoms with Crippen molar-refractivity contribution in [2.24, 2.45) is 0 Å². The Morgan fingerprint density at radius 2 is 1.89 bits per heavy atom. The van der Waals surface area contributed by atoms with Crippen molar-refractivity contribution in [2.45, 2.75) is 66.0 Å². The third-order valence-electron chi connectivity index (χ3n) is 3.84. The fraction of sp³-hybridized carbons (Fsp3) is 0.800. The summed E-state index contributed by atoms with van der Waals surface area (Å²) in [4.78, 5) is 8.77. The standard InChI is InChI=1S/C15H29N3S/c1-7-11(4)14-13(10-16-6)19-15(17-14)18(9-3)12(5)8-2/h11-12,16H,7-10H2,1-6H3. The third kappa shape index (κ3) is 3.93. The molecule has 0 fully saturated rings. The molecule has 1 rings (SSSR count). The smallest absolute Gasteiger partial charge is 0.186 e. The van der Waals surface area contributed by atoms with Gasteiger partial charge in [0, 0.05) is 24.0 Å². The quantitative estimate of drug-likeness (QED) is 0.781. The number of hydrogen-bond donors (Lipinski definition) is 1. The first-order chi connectivity index (χ1) is 9.08. The summed E-state index contributed by atoms with van der Waals surface area (Å²) in [6.45, 7) is 13.2. The molecule has 0 spiro atoms. The molecule has 1 aromatic rings. The normalized spacial score (nSPS) is 14.4. The van der Waals surface area contributed by atoms with Crippen LogP contribution in [0.2, 0.25) is 0 Å². The molecule has 0 aliphatic heterocycles. The minimum Gasteiger partial charge on any atom is -0.346 e. The number of anilines is 1. The zero-order valence-corrected chi connectivity index (χ0v) is 14.1. The van der Waals surface area contributed by atoms with Gasteiger partial charge < -0.3 is 10.2 Å². The van der Waals surface area contributed by atoms with E-state index in [9.17, 15) is 0 Å². The van der Waals surface area contributed by atoms with Gasteiger partial charge in [0.15, 0.2) is 5.13 Å². The Hall–Kier alpha value is -0.610. The largest absolute Gasteiger partial charge is 0.346 e. The van der Waals surface area contributed by atoms with Gasteiger partial charge in [-0.05, 0) is 39.7 Å². The molecule has 2 atom stereocenters. The highest BCUT2D eigenvalue weighted by Crippen LogP contribution is 2.33. The Kier molecular flexibility index (Phi) is 6.80. The highest BCUT2D eigenvalue weighted by atomic mass is 32.1. The van der Waals surface area contributed by atoms with Crippen molar-refractivity contribution in [2.75, 3.05) is 18.5 Å². The van der Waals surface area contributed by atoms with Crippen molar-refractivity contribution in [1.29, 1.82) is 0 Å². The van der Waals surface area contributed by atoms with E-state index in [1.54, 1.807) is 0 Å². The number of hydrogen-bond acceptors (Lipinski definition) is 4. The third-order valence-corrected chi connectivity index (χ3v) is 4.95. The van der Waals surface area contributed by atoms with Crippen LogP contribution in [-0.4, -0.2) is 24.6 Å². The van der Waals surface area contributed by atoms with Crippen molar-refractivity contribution in [3.63, 3.8) is 0 Å².